The highest BCUT2D eigenvalue weighted by Crippen LogP contribution is 2.19. The van der Waals surface area contributed by atoms with Crippen molar-refractivity contribution < 1.29 is 14.3 Å². The second-order valence-electron chi connectivity index (χ2n) is 6.24. The fourth-order valence-corrected chi connectivity index (χ4v) is 3.30. The molecule has 0 N–H and O–H groups in total. The summed E-state index contributed by atoms with van der Waals surface area (Å²) in [7, 11) is 0. The summed E-state index contributed by atoms with van der Waals surface area (Å²) in [6.07, 6.45) is 3.37. The summed E-state index contributed by atoms with van der Waals surface area (Å²) in [5.41, 5.74) is 1.58. The Kier molecular flexibility index (Phi) is 5.85. The molecule has 0 atom stereocenters. The largest absolute Gasteiger partial charge is 0.452 e. The van der Waals surface area contributed by atoms with Gasteiger partial charge in [0.05, 0.1) is 5.56 Å². The molecule has 0 aliphatic carbocycles. The van der Waals surface area contributed by atoms with Crippen molar-refractivity contribution in [3.05, 3.63) is 46.5 Å². The molecule has 2 aromatic rings. The summed E-state index contributed by atoms with van der Waals surface area (Å²) < 4.78 is 5.16. The summed E-state index contributed by atoms with van der Waals surface area (Å²) in [6.45, 7) is 5.49. The zero-order chi connectivity index (χ0) is 19.4. The zero-order valence-corrected chi connectivity index (χ0v) is 15.9. The van der Waals surface area contributed by atoms with E-state index in [1.54, 1.807) is 43.3 Å². The Morgan fingerprint density at radius 1 is 1.15 bits per heavy atom. The van der Waals surface area contributed by atoms with Gasteiger partial charge in [0.2, 0.25) is 5.95 Å². The molecule has 27 heavy (non-hydrogen) atoms. The Labute approximate surface area is 162 Å². The first-order valence-electron chi connectivity index (χ1n) is 8.56. The summed E-state index contributed by atoms with van der Waals surface area (Å²) in [5, 5.41) is 0.0847. The van der Waals surface area contributed by atoms with Gasteiger partial charge in [-0.3, -0.25) is 4.79 Å². The zero-order valence-electron chi connectivity index (χ0n) is 15.2. The van der Waals surface area contributed by atoms with E-state index in [1.165, 1.54) is 0 Å². The number of esters is 1. The molecule has 2 aromatic heterocycles. The summed E-state index contributed by atoms with van der Waals surface area (Å²) in [4.78, 5) is 40.8. The molecule has 9 heteroatoms. The predicted molar refractivity (Wildman–Crippen MR) is 99.8 cm³/mol. The molecular formula is C18H20ClN5O3. The maximum Gasteiger partial charge on any atom is 0.342 e. The van der Waals surface area contributed by atoms with Gasteiger partial charge in [-0.05, 0) is 31.5 Å². The number of amides is 1. The van der Waals surface area contributed by atoms with Crippen LogP contribution in [0.25, 0.3) is 0 Å². The number of carbonyl (C=O) groups excluding carboxylic acids is 2. The minimum atomic E-state index is -0.644. The van der Waals surface area contributed by atoms with E-state index in [9.17, 15) is 9.59 Å². The van der Waals surface area contributed by atoms with Crippen LogP contribution in [0, 0.1) is 13.8 Å². The summed E-state index contributed by atoms with van der Waals surface area (Å²) in [6, 6.07) is 3.50. The summed E-state index contributed by atoms with van der Waals surface area (Å²) >= 11 is 6.04. The Balaban J connectivity index is 1.52. The first kappa shape index (κ1) is 19.0. The molecule has 0 unspecified atom stereocenters. The second-order valence-corrected chi connectivity index (χ2v) is 6.60. The van der Waals surface area contributed by atoms with E-state index in [0.29, 0.717) is 43.4 Å². The molecule has 142 valence electrons. The number of hydrogen-bond donors (Lipinski definition) is 0. The SMILES string of the molecule is Cc1cc(C)c(C(=O)OCC(=O)N2CCN(c3ncccn3)CC2)c(Cl)n1. The summed E-state index contributed by atoms with van der Waals surface area (Å²) in [5.74, 6) is -0.242. The van der Waals surface area contributed by atoms with Crippen molar-refractivity contribution in [2.24, 2.45) is 0 Å². The van der Waals surface area contributed by atoms with Gasteiger partial charge in [-0.1, -0.05) is 11.6 Å². The van der Waals surface area contributed by atoms with Gasteiger partial charge >= 0.3 is 5.97 Å². The topological polar surface area (TPSA) is 88.5 Å². The molecule has 3 rings (SSSR count). The molecule has 0 aromatic carbocycles. The van der Waals surface area contributed by atoms with E-state index in [4.69, 9.17) is 16.3 Å². The van der Waals surface area contributed by atoms with Crippen LogP contribution in [0.3, 0.4) is 0 Å². The third-order valence-electron chi connectivity index (χ3n) is 4.30. The highest BCUT2D eigenvalue weighted by atomic mass is 35.5. The van der Waals surface area contributed by atoms with Gasteiger partial charge in [0, 0.05) is 44.3 Å². The number of carbonyl (C=O) groups is 2. The van der Waals surface area contributed by atoms with Crippen LogP contribution in [0.5, 0.6) is 0 Å². The highest BCUT2D eigenvalue weighted by molar-refractivity contribution is 6.32. The third-order valence-corrected chi connectivity index (χ3v) is 4.57. The maximum absolute atomic E-state index is 12.4. The molecular weight excluding hydrogens is 370 g/mol. The fraction of sp³-hybridized carbons (Fsp3) is 0.389. The van der Waals surface area contributed by atoms with Gasteiger partial charge in [0.25, 0.3) is 5.91 Å². The van der Waals surface area contributed by atoms with Crippen molar-refractivity contribution in [1.82, 2.24) is 19.9 Å². The van der Waals surface area contributed by atoms with Gasteiger partial charge in [-0.2, -0.15) is 0 Å². The number of nitrogens with zero attached hydrogens (tertiary/aromatic N) is 5. The Hall–Kier alpha value is -2.74. The third kappa shape index (κ3) is 4.51. The smallest absolute Gasteiger partial charge is 0.342 e. The first-order valence-corrected chi connectivity index (χ1v) is 8.94. The normalized spacial score (nSPS) is 14.2. The van der Waals surface area contributed by atoms with Crippen molar-refractivity contribution in [1.29, 1.82) is 0 Å². The van der Waals surface area contributed by atoms with E-state index in [-0.39, 0.29) is 23.2 Å². The number of halogens is 1. The lowest BCUT2D eigenvalue weighted by atomic mass is 10.1. The van der Waals surface area contributed by atoms with Crippen LogP contribution in [-0.2, 0) is 9.53 Å². The monoisotopic (exact) mass is 389 g/mol. The van der Waals surface area contributed by atoms with E-state index in [2.05, 4.69) is 15.0 Å². The highest BCUT2D eigenvalue weighted by Gasteiger charge is 2.24. The van der Waals surface area contributed by atoms with Gasteiger partial charge in [0.1, 0.15) is 5.15 Å². The second kappa shape index (κ2) is 8.30. The Morgan fingerprint density at radius 3 is 2.44 bits per heavy atom. The molecule has 8 nitrogen and oxygen atoms in total. The van der Waals surface area contributed by atoms with Crippen LogP contribution in [-0.4, -0.2) is 64.5 Å². The molecule has 0 bridgehead atoms. The lowest BCUT2D eigenvalue weighted by molar-refractivity contribution is -0.134. The molecule has 1 fully saturated rings. The maximum atomic E-state index is 12.4. The molecule has 1 amide bonds. The first-order chi connectivity index (χ1) is 13.0. The van der Waals surface area contributed by atoms with E-state index in [0.717, 1.165) is 0 Å². The Morgan fingerprint density at radius 2 is 1.81 bits per heavy atom. The molecule has 0 radical (unpaired) electrons. The number of aryl methyl sites for hydroxylation is 2. The number of rotatable bonds is 4. The van der Waals surface area contributed by atoms with Crippen molar-refractivity contribution in [2.75, 3.05) is 37.7 Å². The molecule has 0 saturated carbocycles. The molecule has 3 heterocycles. The number of hydrogen-bond acceptors (Lipinski definition) is 7. The number of anilines is 1. The van der Waals surface area contributed by atoms with Crippen molar-refractivity contribution in [3.8, 4) is 0 Å². The van der Waals surface area contributed by atoms with Crippen LogP contribution in [0.15, 0.2) is 24.5 Å². The number of pyridine rings is 1. The quantitative estimate of drug-likeness (QED) is 0.580. The van der Waals surface area contributed by atoms with Crippen LogP contribution in [0.1, 0.15) is 21.6 Å². The van der Waals surface area contributed by atoms with Crippen LogP contribution in [0.2, 0.25) is 5.15 Å². The minimum Gasteiger partial charge on any atom is -0.452 e. The number of piperazine rings is 1. The van der Waals surface area contributed by atoms with Crippen LogP contribution < -0.4 is 4.90 Å². The van der Waals surface area contributed by atoms with E-state index < -0.39 is 5.97 Å². The number of ether oxygens (including phenoxy) is 1. The average Bonchev–Trinajstić information content (AvgIpc) is 2.66. The van der Waals surface area contributed by atoms with Gasteiger partial charge in [0.15, 0.2) is 6.61 Å². The standard InChI is InChI=1S/C18H20ClN5O3/c1-12-10-13(2)22-16(19)15(12)17(26)27-11-14(25)23-6-8-24(9-7-23)18-20-4-3-5-21-18/h3-5,10H,6-9,11H2,1-2H3. The Bertz CT molecular complexity index is 815. The van der Waals surface area contributed by atoms with E-state index >= 15 is 0 Å². The van der Waals surface area contributed by atoms with Crippen molar-refractivity contribution in [2.45, 2.75) is 13.8 Å². The molecule has 1 aliphatic rings. The average molecular weight is 390 g/mol. The van der Waals surface area contributed by atoms with Gasteiger partial charge < -0.3 is 14.5 Å². The fourth-order valence-electron chi connectivity index (χ4n) is 2.94. The van der Waals surface area contributed by atoms with Crippen LogP contribution in [0.4, 0.5) is 5.95 Å². The van der Waals surface area contributed by atoms with Crippen LogP contribution >= 0.6 is 11.6 Å². The van der Waals surface area contributed by atoms with Gasteiger partial charge in [-0.25, -0.2) is 19.7 Å². The molecule has 0 spiro atoms. The molecule has 1 saturated heterocycles. The van der Waals surface area contributed by atoms with Gasteiger partial charge in [-0.15, -0.1) is 0 Å². The number of aromatic nitrogens is 3. The molecule has 1 aliphatic heterocycles. The lowest BCUT2D eigenvalue weighted by Crippen LogP contribution is -2.50. The minimum absolute atomic E-state index is 0.0847. The predicted octanol–water partition coefficient (Wildman–Crippen LogP) is 1.65. The van der Waals surface area contributed by atoms with Crippen molar-refractivity contribution in [3.63, 3.8) is 0 Å². The lowest BCUT2D eigenvalue weighted by Gasteiger charge is -2.34. The van der Waals surface area contributed by atoms with E-state index in [1.807, 2.05) is 4.90 Å². The van der Waals surface area contributed by atoms with Crippen molar-refractivity contribution >= 4 is 29.4 Å².